The minimum atomic E-state index is -4.50. The summed E-state index contributed by atoms with van der Waals surface area (Å²) in [5.41, 5.74) is -0.597. The molecule has 1 N–H and O–H groups in total. The SMILES string of the molecule is CN(C)C(=O)COc1cccc(C(=O)Nc2cc(C(F)(F)F)ccc2I)c1. The Morgan fingerprint density at radius 3 is 2.48 bits per heavy atom. The first-order valence-corrected chi connectivity index (χ1v) is 8.77. The highest BCUT2D eigenvalue weighted by molar-refractivity contribution is 14.1. The van der Waals surface area contributed by atoms with Crippen molar-refractivity contribution >= 4 is 40.1 Å². The molecule has 0 saturated heterocycles. The molecule has 2 rings (SSSR count). The summed E-state index contributed by atoms with van der Waals surface area (Å²) in [5.74, 6) is -0.531. The fourth-order valence-corrected chi connectivity index (χ4v) is 2.46. The Kier molecular flexibility index (Phi) is 6.68. The van der Waals surface area contributed by atoms with Crippen LogP contribution >= 0.6 is 22.6 Å². The molecule has 0 unspecified atom stereocenters. The van der Waals surface area contributed by atoms with Gasteiger partial charge in [0.2, 0.25) is 0 Å². The predicted octanol–water partition coefficient (Wildman–Crippen LogP) is 4.03. The second kappa shape index (κ2) is 8.59. The number of anilines is 1. The van der Waals surface area contributed by atoms with Gasteiger partial charge in [-0.05, 0) is 59.0 Å². The van der Waals surface area contributed by atoms with E-state index >= 15 is 0 Å². The number of halogens is 4. The third kappa shape index (κ3) is 5.84. The minimum absolute atomic E-state index is 0.0598. The molecule has 0 heterocycles. The van der Waals surface area contributed by atoms with Crippen molar-refractivity contribution in [1.82, 2.24) is 4.90 Å². The summed E-state index contributed by atoms with van der Waals surface area (Å²) in [6.07, 6.45) is -4.50. The van der Waals surface area contributed by atoms with Crippen LogP contribution in [0.15, 0.2) is 42.5 Å². The first-order chi connectivity index (χ1) is 12.6. The molecule has 0 saturated carbocycles. The molecule has 0 spiro atoms. The number of nitrogens with zero attached hydrogens (tertiary/aromatic N) is 1. The summed E-state index contributed by atoms with van der Waals surface area (Å²) in [6.45, 7) is -0.191. The lowest BCUT2D eigenvalue weighted by Gasteiger charge is -2.13. The van der Waals surface area contributed by atoms with Crippen molar-refractivity contribution in [2.75, 3.05) is 26.0 Å². The minimum Gasteiger partial charge on any atom is -0.484 e. The maximum Gasteiger partial charge on any atom is 0.416 e. The van der Waals surface area contributed by atoms with Crippen molar-refractivity contribution in [2.45, 2.75) is 6.18 Å². The van der Waals surface area contributed by atoms with Crippen molar-refractivity contribution in [2.24, 2.45) is 0 Å². The van der Waals surface area contributed by atoms with Crippen molar-refractivity contribution in [3.8, 4) is 5.75 Å². The van der Waals surface area contributed by atoms with Gasteiger partial charge in [-0.3, -0.25) is 9.59 Å². The van der Waals surface area contributed by atoms with Gasteiger partial charge in [-0.25, -0.2) is 0 Å². The summed E-state index contributed by atoms with van der Waals surface area (Å²) in [6, 6.07) is 9.17. The van der Waals surface area contributed by atoms with Gasteiger partial charge >= 0.3 is 6.18 Å². The second-order valence-electron chi connectivity index (χ2n) is 5.75. The summed E-state index contributed by atoms with van der Waals surface area (Å²) in [4.78, 5) is 25.3. The number of hydrogen-bond donors (Lipinski definition) is 1. The third-order valence-corrected chi connectivity index (χ3v) is 4.44. The van der Waals surface area contributed by atoms with E-state index in [1.807, 2.05) is 22.6 Å². The largest absolute Gasteiger partial charge is 0.484 e. The highest BCUT2D eigenvalue weighted by Crippen LogP contribution is 2.32. The Morgan fingerprint density at radius 1 is 1.15 bits per heavy atom. The van der Waals surface area contributed by atoms with Crippen LogP contribution in [0.4, 0.5) is 18.9 Å². The number of rotatable bonds is 5. The zero-order valence-electron chi connectivity index (χ0n) is 14.4. The first-order valence-electron chi connectivity index (χ1n) is 7.69. The molecule has 0 aliphatic carbocycles. The van der Waals surface area contributed by atoms with Gasteiger partial charge in [0.15, 0.2) is 6.61 Å². The van der Waals surface area contributed by atoms with Gasteiger partial charge < -0.3 is 15.0 Å². The Labute approximate surface area is 167 Å². The summed E-state index contributed by atoms with van der Waals surface area (Å²) < 4.78 is 44.4. The highest BCUT2D eigenvalue weighted by Gasteiger charge is 2.31. The topological polar surface area (TPSA) is 58.6 Å². The van der Waals surface area contributed by atoms with E-state index in [1.165, 1.54) is 23.1 Å². The van der Waals surface area contributed by atoms with Gasteiger partial charge in [-0.15, -0.1) is 0 Å². The number of likely N-dealkylation sites (N-methyl/N-ethyl adjacent to an activating group) is 1. The Bertz CT molecular complexity index is 854. The second-order valence-corrected chi connectivity index (χ2v) is 6.91. The van der Waals surface area contributed by atoms with Gasteiger partial charge in [-0.1, -0.05) is 6.07 Å². The van der Waals surface area contributed by atoms with E-state index in [1.54, 1.807) is 26.2 Å². The summed E-state index contributed by atoms with van der Waals surface area (Å²) in [7, 11) is 3.18. The molecule has 0 aromatic heterocycles. The number of carbonyl (C=O) groups excluding carboxylic acids is 2. The lowest BCUT2D eigenvalue weighted by Crippen LogP contribution is -2.27. The molecule has 2 amide bonds. The fraction of sp³-hybridized carbons (Fsp3) is 0.222. The van der Waals surface area contributed by atoms with E-state index < -0.39 is 17.6 Å². The molecule has 9 heteroatoms. The van der Waals surface area contributed by atoms with Crippen molar-refractivity contribution in [3.63, 3.8) is 0 Å². The zero-order chi connectivity index (χ0) is 20.2. The van der Waals surface area contributed by atoms with Crippen molar-refractivity contribution < 1.29 is 27.5 Å². The normalized spacial score (nSPS) is 11.0. The molecule has 5 nitrogen and oxygen atoms in total. The van der Waals surface area contributed by atoms with Gasteiger partial charge in [0, 0.05) is 23.2 Å². The lowest BCUT2D eigenvalue weighted by atomic mass is 10.1. The molecule has 0 fully saturated rings. The molecule has 0 atom stereocenters. The van der Waals surface area contributed by atoms with Crippen LogP contribution < -0.4 is 10.1 Å². The first kappa shape index (κ1) is 21.0. The average Bonchev–Trinajstić information content (AvgIpc) is 2.60. The maximum atomic E-state index is 12.9. The monoisotopic (exact) mass is 492 g/mol. The number of carbonyl (C=O) groups is 2. The van der Waals surface area contributed by atoms with Gasteiger partial charge in [0.1, 0.15) is 5.75 Å². The number of hydrogen-bond acceptors (Lipinski definition) is 3. The van der Waals surface area contributed by atoms with E-state index in [9.17, 15) is 22.8 Å². The lowest BCUT2D eigenvalue weighted by molar-refractivity contribution is -0.137. The molecule has 27 heavy (non-hydrogen) atoms. The predicted molar refractivity (Wildman–Crippen MR) is 103 cm³/mol. The van der Waals surface area contributed by atoms with E-state index in [4.69, 9.17) is 4.74 Å². The number of amides is 2. The Hall–Kier alpha value is -2.30. The van der Waals surface area contributed by atoms with Gasteiger partial charge in [-0.2, -0.15) is 13.2 Å². The molecule has 0 bridgehead atoms. The molecular weight excluding hydrogens is 476 g/mol. The maximum absolute atomic E-state index is 12.9. The number of benzene rings is 2. The average molecular weight is 492 g/mol. The van der Waals surface area contributed by atoms with Crippen LogP contribution in [0.25, 0.3) is 0 Å². The molecule has 2 aromatic rings. The van der Waals surface area contributed by atoms with Crippen LogP contribution in [0.1, 0.15) is 15.9 Å². The standard InChI is InChI=1S/C18H16F3IN2O3/c1-24(2)16(25)10-27-13-5-3-4-11(8-13)17(26)23-15-9-12(18(19,20)21)6-7-14(15)22/h3-9H,10H2,1-2H3,(H,23,26). The van der Waals surface area contributed by atoms with Crippen molar-refractivity contribution in [1.29, 1.82) is 0 Å². The van der Waals surface area contributed by atoms with E-state index in [0.29, 0.717) is 9.32 Å². The van der Waals surface area contributed by atoms with Crippen LogP contribution in [0.2, 0.25) is 0 Å². The molecule has 0 aliphatic heterocycles. The van der Waals surface area contributed by atoms with E-state index in [2.05, 4.69) is 5.32 Å². The number of nitrogens with one attached hydrogen (secondary N) is 1. The van der Waals surface area contributed by atoms with Gasteiger partial charge in [0.25, 0.3) is 11.8 Å². The van der Waals surface area contributed by atoms with Crippen LogP contribution in [0.5, 0.6) is 5.75 Å². The Balaban J connectivity index is 2.15. The number of ether oxygens (including phenoxy) is 1. The summed E-state index contributed by atoms with van der Waals surface area (Å²) >= 11 is 1.84. The number of alkyl halides is 3. The Morgan fingerprint density at radius 2 is 1.85 bits per heavy atom. The van der Waals surface area contributed by atoms with Crippen LogP contribution in [-0.2, 0) is 11.0 Å². The smallest absolute Gasteiger partial charge is 0.416 e. The fourth-order valence-electron chi connectivity index (χ4n) is 1.99. The molecular formula is C18H16F3IN2O3. The quantitative estimate of drug-likeness (QED) is 0.642. The van der Waals surface area contributed by atoms with Crippen LogP contribution in [0.3, 0.4) is 0 Å². The highest BCUT2D eigenvalue weighted by atomic mass is 127. The zero-order valence-corrected chi connectivity index (χ0v) is 16.6. The van der Waals surface area contributed by atoms with Gasteiger partial charge in [0.05, 0.1) is 11.3 Å². The summed E-state index contributed by atoms with van der Waals surface area (Å²) in [5, 5.41) is 2.47. The molecule has 144 valence electrons. The van der Waals surface area contributed by atoms with Crippen molar-refractivity contribution in [3.05, 3.63) is 57.2 Å². The molecule has 2 aromatic carbocycles. The van der Waals surface area contributed by atoms with Crippen LogP contribution in [-0.4, -0.2) is 37.4 Å². The molecule has 0 radical (unpaired) electrons. The molecule has 0 aliphatic rings. The van der Waals surface area contributed by atoms with Crippen LogP contribution in [0, 0.1) is 3.57 Å². The van der Waals surface area contributed by atoms with E-state index in [0.717, 1.165) is 12.1 Å². The third-order valence-electron chi connectivity index (χ3n) is 3.50. The van der Waals surface area contributed by atoms with E-state index in [-0.39, 0.29) is 23.8 Å².